The van der Waals surface area contributed by atoms with Crippen molar-refractivity contribution < 1.29 is 0 Å². The van der Waals surface area contributed by atoms with Crippen LogP contribution in [0.4, 0.5) is 0 Å². The van der Waals surface area contributed by atoms with Gasteiger partial charge in [0.05, 0.1) is 0 Å². The van der Waals surface area contributed by atoms with Crippen LogP contribution in [-0.4, -0.2) is 16.1 Å². The normalized spacial score (nSPS) is 13.6. The number of fused-ring (bicyclic) bond motifs is 9. The highest BCUT2D eigenvalue weighted by molar-refractivity contribution is 7.23. The Morgan fingerprint density at radius 3 is 1.00 bits per heavy atom. The third-order valence-electron chi connectivity index (χ3n) is 16.6. The van der Waals surface area contributed by atoms with Crippen molar-refractivity contribution in [2.24, 2.45) is 0 Å². The maximum Gasteiger partial charge on any atom is 0.180 e. The van der Waals surface area contributed by atoms with E-state index in [-0.39, 0.29) is 0 Å². The SMILES string of the molecule is c1ccc([Si]2(c3ccccc3)c3ccccc3-c3c(-c4cccc5c(-c6ccc7ccccc7c6)c6cccc(-c7cccc8c7-c7ccccc7[Si]8(c7ccccc7)c7ccccc7)c6cc45)cccc32)cc1. The summed E-state index contributed by atoms with van der Waals surface area (Å²) in [5.74, 6) is 0. The van der Waals surface area contributed by atoms with E-state index in [1.165, 1.54) is 129 Å². The molecule has 0 radical (unpaired) electrons. The van der Waals surface area contributed by atoms with Crippen LogP contribution in [0.15, 0.2) is 291 Å². The molecule has 2 aliphatic rings. The van der Waals surface area contributed by atoms with Crippen LogP contribution in [-0.2, 0) is 0 Å². The van der Waals surface area contributed by atoms with Crippen molar-refractivity contribution >= 4 is 90.0 Å². The van der Waals surface area contributed by atoms with Gasteiger partial charge in [-0.25, -0.2) is 0 Å². The summed E-state index contributed by atoms with van der Waals surface area (Å²) < 4.78 is 0. The maximum absolute atomic E-state index is 2.74. The lowest BCUT2D eigenvalue weighted by Crippen LogP contribution is -2.72. The summed E-state index contributed by atoms with van der Waals surface area (Å²) >= 11 is 0. The lowest BCUT2D eigenvalue weighted by Gasteiger charge is -2.31. The minimum absolute atomic E-state index is 1.22. The third kappa shape index (κ3) is 6.01. The average Bonchev–Trinajstić information content (AvgIpc) is 4.01. The van der Waals surface area contributed by atoms with Crippen molar-refractivity contribution in [3.05, 3.63) is 291 Å². The first-order valence-corrected chi connectivity index (χ1v) is 29.9. The zero-order valence-electron chi connectivity index (χ0n) is 40.7. The molecule has 0 aromatic heterocycles. The Morgan fingerprint density at radius 1 is 0.189 bits per heavy atom. The number of rotatable bonds is 7. The average molecular weight is 969 g/mol. The Bertz CT molecular complexity index is 4030. The first-order chi connectivity index (χ1) is 36.7. The zero-order chi connectivity index (χ0) is 48.8. The van der Waals surface area contributed by atoms with Crippen molar-refractivity contribution in [3.8, 4) is 55.6 Å². The lowest BCUT2D eigenvalue weighted by molar-refractivity contribution is 1.64. The topological polar surface area (TPSA) is 0 Å². The Labute approximate surface area is 434 Å². The fourth-order valence-electron chi connectivity index (χ4n) is 13.7. The molecule has 13 aromatic rings. The summed E-state index contributed by atoms with van der Waals surface area (Å²) in [6.45, 7) is 0. The molecule has 2 aliphatic heterocycles. The summed E-state index contributed by atoms with van der Waals surface area (Å²) in [6.07, 6.45) is 0. The molecule has 0 amide bonds. The summed E-state index contributed by atoms with van der Waals surface area (Å²) in [7, 11) is -5.48. The molecule has 0 fully saturated rings. The largest absolute Gasteiger partial charge is 0.180 e. The third-order valence-corrected chi connectivity index (χ3v) is 26.4. The molecule has 0 spiro atoms. The number of benzene rings is 13. The van der Waals surface area contributed by atoms with E-state index >= 15 is 0 Å². The lowest BCUT2D eigenvalue weighted by atomic mass is 9.84. The van der Waals surface area contributed by atoms with E-state index in [2.05, 4.69) is 291 Å². The van der Waals surface area contributed by atoms with Crippen LogP contribution in [0.5, 0.6) is 0 Å². The quantitative estimate of drug-likeness (QED) is 0.110. The molecule has 2 heterocycles. The van der Waals surface area contributed by atoms with Gasteiger partial charge in [0.2, 0.25) is 0 Å². The second-order valence-corrected chi connectivity index (χ2v) is 27.6. The van der Waals surface area contributed by atoms with Gasteiger partial charge < -0.3 is 0 Å². The summed E-state index contributed by atoms with van der Waals surface area (Å²) in [5, 5.41) is 18.9. The van der Waals surface area contributed by atoms with Gasteiger partial charge in [0, 0.05) is 0 Å². The van der Waals surface area contributed by atoms with Gasteiger partial charge in [0.15, 0.2) is 16.1 Å². The molecule has 0 atom stereocenters. The monoisotopic (exact) mass is 968 g/mol. The molecule has 0 saturated heterocycles. The maximum atomic E-state index is 2.55. The first kappa shape index (κ1) is 42.7. The van der Waals surface area contributed by atoms with Crippen LogP contribution >= 0.6 is 0 Å². The Kier molecular flexibility index (Phi) is 9.72. The predicted octanol–water partition coefficient (Wildman–Crippen LogP) is 12.9. The van der Waals surface area contributed by atoms with Gasteiger partial charge in [-0.2, -0.15) is 0 Å². The van der Waals surface area contributed by atoms with E-state index in [9.17, 15) is 0 Å². The van der Waals surface area contributed by atoms with E-state index in [4.69, 9.17) is 0 Å². The van der Waals surface area contributed by atoms with Crippen LogP contribution in [0.25, 0.3) is 88.0 Å². The number of hydrogen-bond donors (Lipinski definition) is 0. The molecular weight excluding hydrogens is 921 g/mol. The summed E-state index contributed by atoms with van der Waals surface area (Å²) in [6, 6.07) is 111. The molecule has 0 saturated carbocycles. The molecule has 0 aliphatic carbocycles. The van der Waals surface area contributed by atoms with Gasteiger partial charge in [0.1, 0.15) is 0 Å². The van der Waals surface area contributed by atoms with Crippen LogP contribution in [0.2, 0.25) is 0 Å². The Hall–Kier alpha value is -8.93. The van der Waals surface area contributed by atoms with Gasteiger partial charge in [-0.05, 0) is 142 Å². The molecule has 15 rings (SSSR count). The highest BCUT2D eigenvalue weighted by atomic mass is 28.3. The second-order valence-electron chi connectivity index (χ2n) is 20.1. The van der Waals surface area contributed by atoms with Crippen LogP contribution in [0, 0.1) is 0 Å². The fourth-order valence-corrected chi connectivity index (χ4v) is 24.1. The minimum Gasteiger partial charge on any atom is -0.0623 e. The summed E-state index contributed by atoms with van der Waals surface area (Å²) in [4.78, 5) is 0. The summed E-state index contributed by atoms with van der Waals surface area (Å²) in [5.41, 5.74) is 12.9. The number of hydrogen-bond acceptors (Lipinski definition) is 0. The van der Waals surface area contributed by atoms with Gasteiger partial charge in [-0.1, -0.05) is 279 Å². The van der Waals surface area contributed by atoms with Crippen LogP contribution in [0.3, 0.4) is 0 Å². The van der Waals surface area contributed by atoms with Crippen molar-refractivity contribution in [1.82, 2.24) is 0 Å². The Balaban J connectivity index is 1.05. The molecule has 0 nitrogen and oxygen atoms in total. The van der Waals surface area contributed by atoms with Crippen LogP contribution in [0.1, 0.15) is 0 Å². The van der Waals surface area contributed by atoms with E-state index in [0.29, 0.717) is 0 Å². The van der Waals surface area contributed by atoms with Crippen molar-refractivity contribution in [3.63, 3.8) is 0 Å². The zero-order valence-corrected chi connectivity index (χ0v) is 42.7. The standard InChI is InChI=1S/C72H48Si2/c1-5-25-52(26-6-1)73(53-27-7-2-8-28-53)66-41-17-15-33-62(66)71-58(39-21-43-68(71)73)56-35-19-37-60-64(56)48-65-57(36-20-38-61(65)70(60)51-46-45-49-23-13-14-24-50(49)47-51)59-40-22-44-69-72(59)63-34-16-18-42-67(63)74(69,54-29-9-3-10-30-54)55-31-11-4-12-32-55/h1-48H. The van der Waals surface area contributed by atoms with Gasteiger partial charge in [-0.3, -0.25) is 0 Å². The van der Waals surface area contributed by atoms with Crippen molar-refractivity contribution in [2.75, 3.05) is 0 Å². The molecule has 0 N–H and O–H groups in total. The predicted molar refractivity (Wildman–Crippen MR) is 320 cm³/mol. The molecule has 344 valence electrons. The van der Waals surface area contributed by atoms with E-state index < -0.39 is 16.1 Å². The highest BCUT2D eigenvalue weighted by Crippen LogP contribution is 2.47. The fraction of sp³-hybridized carbons (Fsp3) is 0. The molecule has 2 heteroatoms. The first-order valence-electron chi connectivity index (χ1n) is 25.9. The molecule has 0 bridgehead atoms. The van der Waals surface area contributed by atoms with Gasteiger partial charge >= 0.3 is 0 Å². The molecule has 0 unspecified atom stereocenters. The van der Waals surface area contributed by atoms with Crippen molar-refractivity contribution in [2.45, 2.75) is 0 Å². The second kappa shape index (κ2) is 16.8. The minimum atomic E-state index is -2.74. The van der Waals surface area contributed by atoms with E-state index in [0.717, 1.165) is 0 Å². The van der Waals surface area contributed by atoms with E-state index in [1.54, 1.807) is 0 Å². The van der Waals surface area contributed by atoms with Gasteiger partial charge in [0.25, 0.3) is 0 Å². The molecular formula is C72H48Si2. The molecule has 74 heavy (non-hydrogen) atoms. The van der Waals surface area contributed by atoms with Crippen LogP contribution < -0.4 is 41.5 Å². The van der Waals surface area contributed by atoms with Crippen molar-refractivity contribution in [1.29, 1.82) is 0 Å². The Morgan fingerprint density at radius 2 is 0.541 bits per heavy atom. The highest BCUT2D eigenvalue weighted by Gasteiger charge is 2.50. The molecule has 13 aromatic carbocycles. The van der Waals surface area contributed by atoms with Gasteiger partial charge in [-0.15, -0.1) is 0 Å². The van der Waals surface area contributed by atoms with E-state index in [1.807, 2.05) is 0 Å². The smallest absolute Gasteiger partial charge is 0.0623 e.